The summed E-state index contributed by atoms with van der Waals surface area (Å²) in [5.41, 5.74) is 0.0656. The molecule has 0 heterocycles. The van der Waals surface area contributed by atoms with Crippen LogP contribution >= 0.6 is 15.9 Å². The molecule has 0 aliphatic carbocycles. The van der Waals surface area contributed by atoms with Crippen LogP contribution in [0.3, 0.4) is 0 Å². The first-order valence-corrected chi connectivity index (χ1v) is 5.97. The molecular formula is C11H10BrF4NO2. The van der Waals surface area contributed by atoms with Crippen LogP contribution in [0.2, 0.25) is 0 Å². The smallest absolute Gasteiger partial charge is 0.370 e. The molecule has 0 aliphatic rings. The van der Waals surface area contributed by atoms with Gasteiger partial charge in [0, 0.05) is 6.54 Å². The van der Waals surface area contributed by atoms with Crippen molar-refractivity contribution in [1.29, 1.82) is 0 Å². The number of nitrogens with one attached hydrogen (secondary N) is 1. The van der Waals surface area contributed by atoms with Gasteiger partial charge in [-0.1, -0.05) is 6.07 Å². The first-order chi connectivity index (χ1) is 8.81. The second kappa shape index (κ2) is 6.85. The van der Waals surface area contributed by atoms with Gasteiger partial charge in [-0.05, 0) is 28.1 Å². The summed E-state index contributed by atoms with van der Waals surface area (Å²) < 4.78 is 52.7. The molecule has 0 atom stereocenters. The summed E-state index contributed by atoms with van der Waals surface area (Å²) >= 11 is 2.91. The van der Waals surface area contributed by atoms with Crippen LogP contribution in [-0.2, 0) is 4.74 Å². The number of ether oxygens (including phenoxy) is 1. The van der Waals surface area contributed by atoms with Gasteiger partial charge in [0.2, 0.25) is 0 Å². The molecule has 1 rings (SSSR count). The van der Waals surface area contributed by atoms with Crippen LogP contribution in [0, 0.1) is 5.82 Å². The molecule has 0 bridgehead atoms. The van der Waals surface area contributed by atoms with Crippen LogP contribution in [0.1, 0.15) is 10.4 Å². The van der Waals surface area contributed by atoms with E-state index < -0.39 is 24.5 Å². The van der Waals surface area contributed by atoms with Gasteiger partial charge in [-0.25, -0.2) is 4.39 Å². The quantitative estimate of drug-likeness (QED) is 0.659. The standard InChI is InChI=1S/C11H10BrF4NO2/c12-9-7(2-1-3-8(9)13)10(18)17-4-5-19-6-11(14,15)16/h1-3H,4-6H2,(H,17,18). The van der Waals surface area contributed by atoms with E-state index in [-0.39, 0.29) is 23.2 Å². The van der Waals surface area contributed by atoms with Crippen LogP contribution in [0.5, 0.6) is 0 Å². The van der Waals surface area contributed by atoms with Crippen LogP contribution in [0.25, 0.3) is 0 Å². The first-order valence-electron chi connectivity index (χ1n) is 5.18. The fraction of sp³-hybridized carbons (Fsp3) is 0.364. The van der Waals surface area contributed by atoms with Gasteiger partial charge in [-0.2, -0.15) is 13.2 Å². The zero-order valence-corrected chi connectivity index (χ0v) is 11.1. The second-order valence-corrected chi connectivity index (χ2v) is 4.32. The van der Waals surface area contributed by atoms with Gasteiger partial charge in [0.25, 0.3) is 5.91 Å². The van der Waals surface area contributed by atoms with Crippen LogP contribution in [0.4, 0.5) is 17.6 Å². The maximum absolute atomic E-state index is 13.1. The molecule has 0 unspecified atom stereocenters. The monoisotopic (exact) mass is 343 g/mol. The number of halogens is 5. The SMILES string of the molecule is O=C(NCCOCC(F)(F)F)c1cccc(F)c1Br. The minimum Gasteiger partial charge on any atom is -0.370 e. The van der Waals surface area contributed by atoms with E-state index >= 15 is 0 Å². The zero-order valence-electron chi connectivity index (χ0n) is 9.56. The predicted molar refractivity (Wildman–Crippen MR) is 63.3 cm³/mol. The maximum Gasteiger partial charge on any atom is 0.411 e. The Bertz CT molecular complexity index is 451. The largest absolute Gasteiger partial charge is 0.411 e. The lowest BCUT2D eigenvalue weighted by Crippen LogP contribution is -2.29. The third-order valence-corrected chi connectivity index (χ3v) is 2.80. The average molecular weight is 344 g/mol. The normalized spacial score (nSPS) is 11.4. The van der Waals surface area contributed by atoms with Crippen molar-refractivity contribution in [3.8, 4) is 0 Å². The van der Waals surface area contributed by atoms with Crippen molar-refractivity contribution in [1.82, 2.24) is 5.32 Å². The van der Waals surface area contributed by atoms with E-state index in [1.807, 2.05) is 0 Å². The fourth-order valence-corrected chi connectivity index (χ4v) is 1.64. The third kappa shape index (κ3) is 5.56. The number of amides is 1. The highest BCUT2D eigenvalue weighted by Crippen LogP contribution is 2.20. The number of benzene rings is 1. The van der Waals surface area contributed by atoms with E-state index in [9.17, 15) is 22.4 Å². The molecule has 8 heteroatoms. The summed E-state index contributed by atoms with van der Waals surface area (Å²) in [6, 6.07) is 3.92. The van der Waals surface area contributed by atoms with Crippen LogP contribution < -0.4 is 5.32 Å². The third-order valence-electron chi connectivity index (χ3n) is 1.99. The molecule has 0 aliphatic heterocycles. The Balaban J connectivity index is 2.38. The molecule has 3 nitrogen and oxygen atoms in total. The maximum atomic E-state index is 13.1. The molecule has 0 aromatic heterocycles. The molecule has 0 saturated heterocycles. The highest BCUT2D eigenvalue weighted by molar-refractivity contribution is 9.10. The average Bonchev–Trinajstić information content (AvgIpc) is 2.30. The van der Waals surface area contributed by atoms with Gasteiger partial charge in [-0.3, -0.25) is 4.79 Å². The van der Waals surface area contributed by atoms with Gasteiger partial charge in [0.1, 0.15) is 12.4 Å². The lowest BCUT2D eigenvalue weighted by Gasteiger charge is -2.09. The number of carbonyl (C=O) groups excluding carboxylic acids is 1. The summed E-state index contributed by atoms with van der Waals surface area (Å²) in [6.45, 7) is -1.75. The predicted octanol–water partition coefficient (Wildman–Crippen LogP) is 2.90. The topological polar surface area (TPSA) is 38.3 Å². The summed E-state index contributed by atoms with van der Waals surface area (Å²) in [7, 11) is 0. The van der Waals surface area contributed by atoms with Gasteiger partial charge < -0.3 is 10.1 Å². The molecule has 0 saturated carbocycles. The molecular weight excluding hydrogens is 334 g/mol. The van der Waals surface area contributed by atoms with Gasteiger partial charge in [0.05, 0.1) is 16.6 Å². The van der Waals surface area contributed by atoms with E-state index in [0.717, 1.165) is 0 Å². The minimum atomic E-state index is -4.39. The summed E-state index contributed by atoms with van der Waals surface area (Å²) in [4.78, 5) is 11.6. The molecule has 0 radical (unpaired) electrons. The van der Waals surface area contributed by atoms with Gasteiger partial charge >= 0.3 is 6.18 Å². The van der Waals surface area contributed by atoms with E-state index in [1.165, 1.54) is 18.2 Å². The second-order valence-electron chi connectivity index (χ2n) is 3.53. The number of hydrogen-bond donors (Lipinski definition) is 1. The first kappa shape index (κ1) is 15.9. The van der Waals surface area contributed by atoms with Gasteiger partial charge in [-0.15, -0.1) is 0 Å². The van der Waals surface area contributed by atoms with Crippen molar-refractivity contribution >= 4 is 21.8 Å². The number of carbonyl (C=O) groups is 1. The molecule has 0 spiro atoms. The summed E-state index contributed by atoms with van der Waals surface area (Å²) in [5.74, 6) is -1.19. The Morgan fingerprint density at radius 1 is 1.37 bits per heavy atom. The molecule has 1 amide bonds. The van der Waals surface area contributed by atoms with Crippen molar-refractivity contribution in [3.05, 3.63) is 34.1 Å². The zero-order chi connectivity index (χ0) is 14.5. The lowest BCUT2D eigenvalue weighted by molar-refractivity contribution is -0.173. The molecule has 1 aromatic carbocycles. The van der Waals surface area contributed by atoms with Crippen molar-refractivity contribution < 1.29 is 27.1 Å². The van der Waals surface area contributed by atoms with Crippen molar-refractivity contribution in [2.24, 2.45) is 0 Å². The van der Waals surface area contributed by atoms with E-state index in [4.69, 9.17) is 0 Å². The van der Waals surface area contributed by atoms with Crippen molar-refractivity contribution in [2.45, 2.75) is 6.18 Å². The summed E-state index contributed by atoms with van der Waals surface area (Å²) in [6.07, 6.45) is -4.39. The van der Waals surface area contributed by atoms with E-state index in [2.05, 4.69) is 26.0 Å². The van der Waals surface area contributed by atoms with Crippen LogP contribution in [0.15, 0.2) is 22.7 Å². The Labute approximate surface area is 115 Å². The van der Waals surface area contributed by atoms with Crippen molar-refractivity contribution in [3.63, 3.8) is 0 Å². The molecule has 0 fully saturated rings. The van der Waals surface area contributed by atoms with Gasteiger partial charge in [0.15, 0.2) is 0 Å². The highest BCUT2D eigenvalue weighted by atomic mass is 79.9. The van der Waals surface area contributed by atoms with Crippen LogP contribution in [-0.4, -0.2) is 31.8 Å². The minimum absolute atomic E-state index is 0.00344. The van der Waals surface area contributed by atoms with E-state index in [1.54, 1.807) is 0 Å². The molecule has 1 aromatic rings. The Morgan fingerprint density at radius 3 is 2.68 bits per heavy atom. The Kier molecular flexibility index (Phi) is 5.74. The molecule has 19 heavy (non-hydrogen) atoms. The number of alkyl halides is 3. The summed E-state index contributed by atoms with van der Waals surface area (Å²) in [5, 5.41) is 2.33. The van der Waals surface area contributed by atoms with E-state index in [0.29, 0.717) is 0 Å². The Morgan fingerprint density at radius 2 is 2.05 bits per heavy atom. The highest BCUT2D eigenvalue weighted by Gasteiger charge is 2.27. The Hall–Kier alpha value is -1.15. The lowest BCUT2D eigenvalue weighted by atomic mass is 10.2. The number of rotatable bonds is 5. The fourth-order valence-electron chi connectivity index (χ4n) is 1.20. The molecule has 106 valence electrons. The molecule has 1 N–H and O–H groups in total. The van der Waals surface area contributed by atoms with Crippen molar-refractivity contribution in [2.75, 3.05) is 19.8 Å². The number of hydrogen-bond acceptors (Lipinski definition) is 2.